The third kappa shape index (κ3) is 2.29. The van der Waals surface area contributed by atoms with E-state index in [9.17, 15) is 18.0 Å². The van der Waals surface area contributed by atoms with Crippen molar-refractivity contribution >= 4 is 11.9 Å². The van der Waals surface area contributed by atoms with Gasteiger partial charge in [0.1, 0.15) is 17.0 Å². The molecule has 106 valence electrons. The fraction of sp³-hybridized carbons (Fsp3) is 0.0667. The summed E-state index contributed by atoms with van der Waals surface area (Å²) in [4.78, 5) is 15.6. The molecule has 0 unspecified atom stereocenters. The van der Waals surface area contributed by atoms with Crippen molar-refractivity contribution in [3.8, 4) is 11.3 Å². The van der Waals surface area contributed by atoms with Gasteiger partial charge < -0.3 is 0 Å². The van der Waals surface area contributed by atoms with E-state index in [1.54, 1.807) is 28.8 Å². The number of halogens is 3. The molecule has 0 amide bonds. The van der Waals surface area contributed by atoms with E-state index in [4.69, 9.17) is 0 Å². The molecule has 2 heterocycles. The number of hydrogen-bond acceptors (Lipinski definition) is 2. The topological polar surface area (TPSA) is 34.4 Å². The molecule has 0 saturated heterocycles. The molecule has 3 aromatic rings. The van der Waals surface area contributed by atoms with E-state index in [1.807, 2.05) is 0 Å². The molecule has 0 spiro atoms. The summed E-state index contributed by atoms with van der Waals surface area (Å²) < 4.78 is 39.3. The first-order valence-electron chi connectivity index (χ1n) is 6.10. The molecule has 0 fully saturated rings. The van der Waals surface area contributed by atoms with Crippen LogP contribution in [0.3, 0.4) is 0 Å². The first kappa shape index (κ1) is 13.4. The Balaban J connectivity index is 2.14. The fourth-order valence-electron chi connectivity index (χ4n) is 2.16. The molecular weight excluding hydrogens is 281 g/mol. The van der Waals surface area contributed by atoms with Crippen LogP contribution in [0.4, 0.5) is 13.2 Å². The number of nitrogens with zero attached hydrogens (tertiary/aromatic N) is 2. The van der Waals surface area contributed by atoms with Crippen molar-refractivity contribution < 1.29 is 18.0 Å². The van der Waals surface area contributed by atoms with Crippen molar-refractivity contribution in [1.82, 2.24) is 9.38 Å². The summed E-state index contributed by atoms with van der Waals surface area (Å²) in [5, 5.41) is 0. The summed E-state index contributed by atoms with van der Waals surface area (Å²) in [6.07, 6.45) is -2.06. The number of rotatable bonds is 2. The summed E-state index contributed by atoms with van der Waals surface area (Å²) >= 11 is 0. The van der Waals surface area contributed by atoms with Gasteiger partial charge in [-0.1, -0.05) is 18.2 Å². The van der Waals surface area contributed by atoms with Gasteiger partial charge in [-0.2, -0.15) is 13.2 Å². The zero-order valence-corrected chi connectivity index (χ0v) is 10.6. The summed E-state index contributed by atoms with van der Waals surface area (Å²) in [6, 6.07) is 9.84. The molecule has 0 aliphatic carbocycles. The number of aldehydes is 1. The number of pyridine rings is 1. The highest BCUT2D eigenvalue weighted by Crippen LogP contribution is 2.31. The smallest absolute Gasteiger partial charge is 0.297 e. The van der Waals surface area contributed by atoms with Crippen molar-refractivity contribution in [2.24, 2.45) is 0 Å². The van der Waals surface area contributed by atoms with Gasteiger partial charge in [0.2, 0.25) is 0 Å². The van der Waals surface area contributed by atoms with E-state index in [0.29, 0.717) is 28.9 Å². The zero-order valence-electron chi connectivity index (χ0n) is 10.6. The Hall–Kier alpha value is -2.63. The highest BCUT2D eigenvalue weighted by Gasteiger charge is 2.30. The molecule has 0 N–H and O–H groups in total. The summed E-state index contributed by atoms with van der Waals surface area (Å²) in [6.45, 7) is 0. The Kier molecular flexibility index (Phi) is 3.01. The lowest BCUT2D eigenvalue weighted by Gasteiger charge is -2.06. The van der Waals surface area contributed by atoms with E-state index in [1.165, 1.54) is 12.1 Å². The third-order valence-corrected chi connectivity index (χ3v) is 3.16. The zero-order chi connectivity index (χ0) is 15.0. The number of carbonyl (C=O) groups excluding carboxylic acids is 1. The van der Waals surface area contributed by atoms with Crippen LogP contribution in [0.2, 0.25) is 0 Å². The Morgan fingerprint density at radius 2 is 1.76 bits per heavy atom. The quantitative estimate of drug-likeness (QED) is 0.672. The van der Waals surface area contributed by atoms with Crippen LogP contribution < -0.4 is 0 Å². The minimum Gasteiger partial charge on any atom is -0.297 e. The van der Waals surface area contributed by atoms with Crippen molar-refractivity contribution in [3.05, 3.63) is 59.9 Å². The van der Waals surface area contributed by atoms with Crippen LogP contribution in [0.25, 0.3) is 16.9 Å². The lowest BCUT2D eigenvalue weighted by Crippen LogP contribution is -2.04. The minimum absolute atomic E-state index is 0.311. The first-order chi connectivity index (χ1) is 10.0. The monoisotopic (exact) mass is 290 g/mol. The van der Waals surface area contributed by atoms with Crippen LogP contribution in [0.1, 0.15) is 16.1 Å². The normalized spacial score (nSPS) is 11.8. The van der Waals surface area contributed by atoms with E-state index in [0.717, 1.165) is 12.1 Å². The number of aromatic nitrogens is 2. The molecule has 0 aliphatic rings. The molecule has 0 aliphatic heterocycles. The molecule has 3 nitrogen and oxygen atoms in total. The molecule has 2 aromatic heterocycles. The highest BCUT2D eigenvalue weighted by atomic mass is 19.4. The molecule has 6 heteroatoms. The SMILES string of the molecule is O=Cc1c(-c2ccc(C(F)(F)F)cc2)nc2ccccn12. The molecule has 0 atom stereocenters. The Morgan fingerprint density at radius 1 is 1.05 bits per heavy atom. The van der Waals surface area contributed by atoms with Crippen molar-refractivity contribution in [2.45, 2.75) is 6.18 Å². The van der Waals surface area contributed by atoms with Crippen LogP contribution in [-0.2, 0) is 6.18 Å². The molecular formula is C15H9F3N2O. The number of benzene rings is 1. The second-order valence-electron chi connectivity index (χ2n) is 4.47. The standard InChI is InChI=1S/C15H9F3N2O/c16-15(17,18)11-6-4-10(5-7-11)14-12(9-21)20-8-2-1-3-13(20)19-14/h1-9H. The van der Waals surface area contributed by atoms with Crippen molar-refractivity contribution in [2.75, 3.05) is 0 Å². The van der Waals surface area contributed by atoms with Gasteiger partial charge in [0.05, 0.1) is 5.56 Å². The Labute approximate surface area is 117 Å². The maximum Gasteiger partial charge on any atom is 0.416 e. The van der Waals surface area contributed by atoms with Crippen molar-refractivity contribution in [3.63, 3.8) is 0 Å². The second kappa shape index (κ2) is 4.73. The maximum absolute atomic E-state index is 12.6. The maximum atomic E-state index is 12.6. The van der Waals surface area contributed by atoms with Gasteiger partial charge in [-0.05, 0) is 24.3 Å². The van der Waals surface area contributed by atoms with Crippen molar-refractivity contribution in [1.29, 1.82) is 0 Å². The number of imidazole rings is 1. The van der Waals surface area contributed by atoms with Gasteiger partial charge in [0.15, 0.2) is 6.29 Å². The third-order valence-electron chi connectivity index (χ3n) is 3.16. The predicted molar refractivity (Wildman–Crippen MR) is 71.0 cm³/mol. The Morgan fingerprint density at radius 3 is 2.38 bits per heavy atom. The first-order valence-corrected chi connectivity index (χ1v) is 6.10. The molecule has 3 rings (SSSR count). The summed E-state index contributed by atoms with van der Waals surface area (Å²) in [5.41, 5.74) is 0.973. The lowest BCUT2D eigenvalue weighted by molar-refractivity contribution is -0.137. The summed E-state index contributed by atoms with van der Waals surface area (Å²) in [7, 11) is 0. The van der Waals surface area contributed by atoms with Crippen LogP contribution in [-0.4, -0.2) is 15.7 Å². The molecule has 21 heavy (non-hydrogen) atoms. The highest BCUT2D eigenvalue weighted by molar-refractivity contribution is 5.86. The minimum atomic E-state index is -4.38. The Bertz CT molecular complexity index is 804. The molecule has 0 radical (unpaired) electrons. The van der Waals surface area contributed by atoms with Gasteiger partial charge in [-0.15, -0.1) is 0 Å². The second-order valence-corrected chi connectivity index (χ2v) is 4.47. The van der Waals surface area contributed by atoms with E-state index >= 15 is 0 Å². The fourth-order valence-corrected chi connectivity index (χ4v) is 2.16. The van der Waals surface area contributed by atoms with E-state index in [-0.39, 0.29) is 0 Å². The van der Waals surface area contributed by atoms with Gasteiger partial charge in [0.25, 0.3) is 0 Å². The number of fused-ring (bicyclic) bond motifs is 1. The average Bonchev–Trinajstić information content (AvgIpc) is 2.85. The van der Waals surface area contributed by atoms with Gasteiger partial charge in [-0.3, -0.25) is 9.20 Å². The molecule has 0 saturated carbocycles. The van der Waals surface area contributed by atoms with Crippen LogP contribution in [0.15, 0.2) is 48.7 Å². The number of carbonyl (C=O) groups is 1. The lowest BCUT2D eigenvalue weighted by atomic mass is 10.1. The number of alkyl halides is 3. The van der Waals surface area contributed by atoms with E-state index < -0.39 is 11.7 Å². The van der Waals surface area contributed by atoms with Crippen LogP contribution >= 0.6 is 0 Å². The number of hydrogen-bond donors (Lipinski definition) is 0. The van der Waals surface area contributed by atoms with Gasteiger partial charge in [-0.25, -0.2) is 4.98 Å². The molecule has 1 aromatic carbocycles. The van der Waals surface area contributed by atoms with Gasteiger partial charge >= 0.3 is 6.18 Å². The van der Waals surface area contributed by atoms with E-state index in [2.05, 4.69) is 4.98 Å². The van der Waals surface area contributed by atoms with Crippen LogP contribution in [0, 0.1) is 0 Å². The van der Waals surface area contributed by atoms with Crippen LogP contribution in [0.5, 0.6) is 0 Å². The predicted octanol–water partition coefficient (Wildman–Crippen LogP) is 3.83. The summed E-state index contributed by atoms with van der Waals surface area (Å²) in [5.74, 6) is 0. The largest absolute Gasteiger partial charge is 0.416 e. The molecule has 0 bridgehead atoms. The van der Waals surface area contributed by atoms with Gasteiger partial charge in [0, 0.05) is 11.8 Å². The average molecular weight is 290 g/mol.